The Morgan fingerprint density at radius 2 is 1.58 bits per heavy atom. The van der Waals surface area contributed by atoms with Gasteiger partial charge in [0.15, 0.2) is 5.78 Å². The SMILES string of the molecule is O=C(Nc1cc(Cl)c(CC(=O)C(O[C@H]2CC[C@H](C(=O)O)CC2)(N2CCCC2)N2CCN(CC(F)(F)F)CC2)cc1Cl)c1c[nH]c2ccccc12. The highest BCUT2D eigenvalue weighted by molar-refractivity contribution is 6.36. The van der Waals surface area contributed by atoms with Gasteiger partial charge in [-0.3, -0.25) is 29.1 Å². The third kappa shape index (κ3) is 7.98. The van der Waals surface area contributed by atoms with Gasteiger partial charge in [0.1, 0.15) is 0 Å². The van der Waals surface area contributed by atoms with Crippen molar-refractivity contribution in [3.63, 3.8) is 0 Å². The van der Waals surface area contributed by atoms with E-state index in [4.69, 9.17) is 27.9 Å². The number of piperazine rings is 1. The number of fused-ring (bicyclic) bond motifs is 1. The molecule has 1 atom stereocenters. The second kappa shape index (κ2) is 15.2. The number of nitrogens with one attached hydrogen (secondary N) is 2. The molecule has 3 heterocycles. The first-order chi connectivity index (χ1) is 23.8. The second-order valence-electron chi connectivity index (χ2n) is 13.3. The van der Waals surface area contributed by atoms with Gasteiger partial charge >= 0.3 is 12.1 Å². The number of Topliss-reactive ketones (excluding diaryl/α,β-unsaturated/α-hetero) is 1. The number of amides is 1. The van der Waals surface area contributed by atoms with Crippen LogP contribution in [-0.4, -0.2) is 106 Å². The van der Waals surface area contributed by atoms with Crippen LogP contribution in [0.5, 0.6) is 0 Å². The number of alkyl halides is 3. The molecule has 15 heteroatoms. The molecule has 1 aromatic heterocycles. The van der Waals surface area contributed by atoms with Crippen LogP contribution in [0.4, 0.5) is 18.9 Å². The Morgan fingerprint density at radius 1 is 0.920 bits per heavy atom. The molecule has 2 saturated heterocycles. The minimum atomic E-state index is -4.35. The van der Waals surface area contributed by atoms with Gasteiger partial charge in [-0.15, -0.1) is 0 Å². The van der Waals surface area contributed by atoms with Crippen LogP contribution < -0.4 is 5.32 Å². The monoisotopic (exact) mass is 737 g/mol. The Labute approximate surface area is 297 Å². The molecule has 1 saturated carbocycles. The summed E-state index contributed by atoms with van der Waals surface area (Å²) in [5, 5.41) is 13.5. The third-order valence-electron chi connectivity index (χ3n) is 10.0. The molecule has 1 amide bonds. The number of ether oxygens (including phenoxy) is 1. The van der Waals surface area contributed by atoms with Crippen LogP contribution in [0.3, 0.4) is 0 Å². The van der Waals surface area contributed by atoms with Crippen LogP contribution in [-0.2, 0) is 20.7 Å². The van der Waals surface area contributed by atoms with Gasteiger partial charge in [0.2, 0.25) is 5.85 Å². The van der Waals surface area contributed by atoms with Crippen LogP contribution >= 0.6 is 23.2 Å². The lowest BCUT2D eigenvalue weighted by Crippen LogP contribution is -2.71. The number of likely N-dealkylation sites (tertiary alicyclic amines) is 1. The van der Waals surface area contributed by atoms with Crippen molar-refractivity contribution in [3.05, 3.63) is 63.8 Å². The maximum atomic E-state index is 14.8. The maximum absolute atomic E-state index is 14.8. The van der Waals surface area contributed by atoms with E-state index in [0.29, 0.717) is 49.9 Å². The van der Waals surface area contributed by atoms with Crippen LogP contribution in [0.15, 0.2) is 42.6 Å². The molecule has 3 fully saturated rings. The van der Waals surface area contributed by atoms with E-state index in [9.17, 15) is 32.7 Å². The van der Waals surface area contributed by atoms with Gasteiger partial charge in [0.25, 0.3) is 5.91 Å². The maximum Gasteiger partial charge on any atom is 0.401 e. The highest BCUT2D eigenvalue weighted by Gasteiger charge is 2.53. The van der Waals surface area contributed by atoms with Gasteiger partial charge in [-0.25, -0.2) is 0 Å². The molecule has 1 aliphatic carbocycles. The summed E-state index contributed by atoms with van der Waals surface area (Å²) >= 11 is 13.4. The topological polar surface area (TPSA) is 118 Å². The Morgan fingerprint density at radius 3 is 2.24 bits per heavy atom. The summed E-state index contributed by atoms with van der Waals surface area (Å²) in [6.45, 7) is 0.567. The Kier molecular flexibility index (Phi) is 11.1. The smallest absolute Gasteiger partial charge is 0.401 e. The second-order valence-corrected chi connectivity index (χ2v) is 14.2. The number of ketones is 1. The van der Waals surface area contributed by atoms with Crippen molar-refractivity contribution in [2.75, 3.05) is 51.1 Å². The van der Waals surface area contributed by atoms with Gasteiger partial charge in [0.05, 0.1) is 34.8 Å². The first kappa shape index (κ1) is 36.6. The molecule has 3 aliphatic rings. The Bertz CT molecular complexity index is 1720. The molecule has 0 bridgehead atoms. The number of para-hydroxylation sites is 1. The molecule has 2 aromatic carbocycles. The molecule has 0 spiro atoms. The average molecular weight is 739 g/mol. The van der Waals surface area contributed by atoms with Crippen molar-refractivity contribution >= 4 is 57.5 Å². The molecule has 50 heavy (non-hydrogen) atoms. The summed E-state index contributed by atoms with van der Waals surface area (Å²) in [7, 11) is 0. The minimum absolute atomic E-state index is 0.0922. The number of nitrogens with zero attached hydrogens (tertiary/aromatic N) is 3. The van der Waals surface area contributed by atoms with E-state index in [-0.39, 0.29) is 54.1 Å². The summed E-state index contributed by atoms with van der Waals surface area (Å²) < 4.78 is 46.6. The zero-order valence-corrected chi connectivity index (χ0v) is 28.9. The fraction of sp³-hybridized carbons (Fsp3) is 0.514. The molecule has 6 rings (SSSR count). The largest absolute Gasteiger partial charge is 0.481 e. The lowest BCUT2D eigenvalue weighted by molar-refractivity contribution is -0.262. The number of anilines is 1. The van der Waals surface area contributed by atoms with E-state index in [1.807, 2.05) is 34.1 Å². The van der Waals surface area contributed by atoms with Gasteiger partial charge in [-0.1, -0.05) is 41.4 Å². The first-order valence-electron chi connectivity index (χ1n) is 16.9. The van der Waals surface area contributed by atoms with E-state index >= 15 is 0 Å². The van der Waals surface area contributed by atoms with Crippen molar-refractivity contribution in [2.45, 2.75) is 63.1 Å². The molecule has 1 unspecified atom stereocenters. The predicted octanol–water partition coefficient (Wildman–Crippen LogP) is 6.43. The molecule has 3 aromatic rings. The number of halogens is 5. The molecule has 2 aliphatic heterocycles. The van der Waals surface area contributed by atoms with Gasteiger partial charge < -0.3 is 20.1 Å². The number of carboxylic acid groups (broad SMARTS) is 1. The number of carbonyl (C=O) groups excluding carboxylic acids is 2. The van der Waals surface area contributed by atoms with Crippen LogP contribution in [0, 0.1) is 5.92 Å². The molecule has 270 valence electrons. The fourth-order valence-electron chi connectivity index (χ4n) is 7.47. The van der Waals surface area contributed by atoms with Gasteiger partial charge in [0, 0.05) is 67.8 Å². The number of benzene rings is 2. The molecule has 10 nitrogen and oxygen atoms in total. The summed E-state index contributed by atoms with van der Waals surface area (Å²) in [5.74, 6) is -3.68. The number of rotatable bonds is 11. The number of aromatic nitrogens is 1. The summed E-state index contributed by atoms with van der Waals surface area (Å²) in [6.07, 6.45) is -0.0591. The number of hydrogen-bond donors (Lipinski definition) is 3. The van der Waals surface area contributed by atoms with Crippen molar-refractivity contribution < 1.29 is 37.4 Å². The Hall–Kier alpha value is -3.20. The molecular weight excluding hydrogens is 698 g/mol. The molecular formula is C35H40Cl2F3N5O5. The van der Waals surface area contributed by atoms with Gasteiger partial charge in [-0.05, 0) is 62.3 Å². The van der Waals surface area contributed by atoms with Crippen molar-refractivity contribution in [1.29, 1.82) is 0 Å². The Balaban J connectivity index is 1.27. The van der Waals surface area contributed by atoms with Crippen molar-refractivity contribution in [1.82, 2.24) is 19.7 Å². The van der Waals surface area contributed by atoms with E-state index in [1.54, 1.807) is 12.3 Å². The highest BCUT2D eigenvalue weighted by atomic mass is 35.5. The fourth-order valence-corrected chi connectivity index (χ4v) is 7.93. The zero-order chi connectivity index (χ0) is 35.6. The molecule has 0 radical (unpaired) electrons. The van der Waals surface area contributed by atoms with Crippen LogP contribution in [0.2, 0.25) is 10.0 Å². The van der Waals surface area contributed by atoms with E-state index < -0.39 is 42.5 Å². The summed E-state index contributed by atoms with van der Waals surface area (Å²) in [6, 6.07) is 10.4. The lowest BCUT2D eigenvalue weighted by Gasteiger charge is -2.52. The first-order valence-corrected chi connectivity index (χ1v) is 17.7. The number of carboxylic acids is 1. The number of aliphatic carboxylic acids is 1. The highest BCUT2D eigenvalue weighted by Crippen LogP contribution is 2.38. The summed E-state index contributed by atoms with van der Waals surface area (Å²) in [5.41, 5.74) is 1.90. The standard InChI is InChI=1S/C35H40Cl2F3N5O5/c36-27-19-30(42-32(47)26-20-41-29-6-2-1-5-25(26)29)28(37)17-23(27)18-31(46)35(44-11-3-4-12-44,50-24-9-7-22(8-10-24)33(48)49)45-15-13-43(14-16-45)21-34(38,39)40/h1-2,5-6,17,19-20,22,24,41H,3-4,7-16,18,21H2,(H,42,47)(H,48,49)/t22-,24-,35?. The molecule has 3 N–H and O–H groups in total. The quantitative estimate of drug-likeness (QED) is 0.206. The van der Waals surface area contributed by atoms with Crippen LogP contribution in [0.1, 0.15) is 54.4 Å². The summed E-state index contributed by atoms with van der Waals surface area (Å²) in [4.78, 5) is 47.9. The predicted molar refractivity (Wildman–Crippen MR) is 183 cm³/mol. The minimum Gasteiger partial charge on any atom is -0.481 e. The van der Waals surface area contributed by atoms with Crippen molar-refractivity contribution in [3.8, 4) is 0 Å². The van der Waals surface area contributed by atoms with E-state index in [2.05, 4.69) is 10.3 Å². The normalized spacial score (nSPS) is 22.4. The number of aromatic amines is 1. The lowest BCUT2D eigenvalue weighted by atomic mass is 9.87. The third-order valence-corrected chi connectivity index (χ3v) is 10.7. The van der Waals surface area contributed by atoms with Crippen LogP contribution in [0.25, 0.3) is 10.9 Å². The van der Waals surface area contributed by atoms with Crippen molar-refractivity contribution in [2.24, 2.45) is 5.92 Å². The zero-order valence-electron chi connectivity index (χ0n) is 27.4. The van der Waals surface area contributed by atoms with E-state index in [1.165, 1.54) is 11.0 Å². The average Bonchev–Trinajstić information content (AvgIpc) is 3.77. The van der Waals surface area contributed by atoms with E-state index in [0.717, 1.165) is 23.7 Å². The number of hydrogen-bond acceptors (Lipinski definition) is 7. The van der Waals surface area contributed by atoms with Gasteiger partial charge in [-0.2, -0.15) is 13.2 Å². The number of H-pyrrole nitrogens is 1. The number of carbonyl (C=O) groups is 3.